The predicted molar refractivity (Wildman–Crippen MR) is 92.8 cm³/mol. The number of hydrogen-bond acceptors (Lipinski definition) is 3. The number of carbonyl (C=O) groups excluding carboxylic acids is 1. The Bertz CT molecular complexity index is 618. The van der Waals surface area contributed by atoms with Gasteiger partial charge in [0, 0.05) is 46.1 Å². The molecule has 0 atom stereocenters. The van der Waals surface area contributed by atoms with Crippen LogP contribution in [0.2, 0.25) is 0 Å². The smallest absolute Gasteiger partial charge is 0.314 e. The lowest BCUT2D eigenvalue weighted by atomic mass is 10.1. The lowest BCUT2D eigenvalue weighted by Crippen LogP contribution is -2.37. The van der Waals surface area contributed by atoms with Crippen LogP contribution in [-0.2, 0) is 19.9 Å². The quantitative estimate of drug-likeness (QED) is 0.815. The second-order valence-corrected chi connectivity index (χ2v) is 5.77. The first-order valence-corrected chi connectivity index (χ1v) is 7.80. The molecule has 0 aliphatic carbocycles. The molecule has 0 radical (unpaired) electrons. The minimum atomic E-state index is -0.126. The number of aromatic nitrogens is 2. The largest absolute Gasteiger partial charge is 0.378 e. The molecule has 6 heteroatoms. The Labute approximate surface area is 137 Å². The van der Waals surface area contributed by atoms with Crippen molar-refractivity contribution >= 4 is 11.7 Å². The molecule has 124 valence electrons. The van der Waals surface area contributed by atoms with Crippen molar-refractivity contribution in [3.63, 3.8) is 0 Å². The van der Waals surface area contributed by atoms with E-state index in [9.17, 15) is 4.79 Å². The predicted octanol–water partition coefficient (Wildman–Crippen LogP) is 1.57. The Hall–Kier alpha value is -2.50. The summed E-state index contributed by atoms with van der Waals surface area (Å²) in [5.41, 5.74) is 3.51. The van der Waals surface area contributed by atoms with Crippen molar-refractivity contribution in [3.05, 3.63) is 47.8 Å². The van der Waals surface area contributed by atoms with E-state index < -0.39 is 0 Å². The minimum absolute atomic E-state index is 0.126. The number of nitrogens with zero attached hydrogens (tertiary/aromatic N) is 3. The lowest BCUT2D eigenvalue weighted by molar-refractivity contribution is 0.241. The third-order valence-electron chi connectivity index (χ3n) is 3.61. The van der Waals surface area contributed by atoms with E-state index in [1.807, 2.05) is 33.5 Å². The fraction of sp³-hybridized carbons (Fsp3) is 0.412. The molecule has 0 spiro atoms. The summed E-state index contributed by atoms with van der Waals surface area (Å²) < 4.78 is 1.76. The topological polar surface area (TPSA) is 62.2 Å². The summed E-state index contributed by atoms with van der Waals surface area (Å²) >= 11 is 0. The Morgan fingerprint density at radius 2 is 1.70 bits per heavy atom. The number of rotatable bonds is 7. The number of hydrogen-bond donors (Lipinski definition) is 2. The van der Waals surface area contributed by atoms with E-state index in [0.29, 0.717) is 13.1 Å². The molecule has 23 heavy (non-hydrogen) atoms. The molecule has 1 aromatic heterocycles. The van der Waals surface area contributed by atoms with Crippen LogP contribution in [0.15, 0.2) is 36.7 Å². The highest BCUT2D eigenvalue weighted by atomic mass is 16.2. The molecule has 0 bridgehead atoms. The normalized spacial score (nSPS) is 10.4. The number of amides is 2. The molecule has 1 heterocycles. The van der Waals surface area contributed by atoms with Crippen LogP contribution in [0, 0.1) is 0 Å². The molecule has 0 saturated carbocycles. The summed E-state index contributed by atoms with van der Waals surface area (Å²) in [6.07, 6.45) is 5.38. The molecular formula is C17H25N5O. The maximum absolute atomic E-state index is 11.7. The molecule has 0 unspecified atom stereocenters. The van der Waals surface area contributed by atoms with Crippen LogP contribution in [0.1, 0.15) is 11.1 Å². The molecule has 2 aromatic rings. The fourth-order valence-electron chi connectivity index (χ4n) is 2.26. The average molecular weight is 315 g/mol. The van der Waals surface area contributed by atoms with Gasteiger partial charge in [-0.1, -0.05) is 12.1 Å². The van der Waals surface area contributed by atoms with Crippen molar-refractivity contribution in [2.45, 2.75) is 12.8 Å². The summed E-state index contributed by atoms with van der Waals surface area (Å²) in [6.45, 7) is 1.23. The first-order valence-electron chi connectivity index (χ1n) is 7.80. The molecule has 2 rings (SSSR count). The van der Waals surface area contributed by atoms with Crippen LogP contribution in [0.25, 0.3) is 0 Å². The second kappa shape index (κ2) is 8.22. The van der Waals surface area contributed by atoms with Gasteiger partial charge in [-0.3, -0.25) is 4.68 Å². The number of anilines is 1. The van der Waals surface area contributed by atoms with Gasteiger partial charge in [-0.05, 0) is 36.1 Å². The maximum Gasteiger partial charge on any atom is 0.314 e. The number of urea groups is 1. The highest BCUT2D eigenvalue weighted by molar-refractivity contribution is 5.73. The van der Waals surface area contributed by atoms with Crippen molar-refractivity contribution in [2.75, 3.05) is 32.1 Å². The van der Waals surface area contributed by atoms with Crippen LogP contribution in [-0.4, -0.2) is 43.0 Å². The van der Waals surface area contributed by atoms with E-state index in [2.05, 4.69) is 44.9 Å². The van der Waals surface area contributed by atoms with Gasteiger partial charge >= 0.3 is 6.03 Å². The van der Waals surface area contributed by atoms with Gasteiger partial charge in [-0.2, -0.15) is 5.10 Å². The highest BCUT2D eigenvalue weighted by Gasteiger charge is 2.02. The van der Waals surface area contributed by atoms with E-state index >= 15 is 0 Å². The van der Waals surface area contributed by atoms with E-state index in [4.69, 9.17) is 0 Å². The molecule has 0 fully saturated rings. The molecule has 0 aliphatic heterocycles. The van der Waals surface area contributed by atoms with E-state index in [0.717, 1.165) is 18.4 Å². The van der Waals surface area contributed by atoms with Gasteiger partial charge in [-0.25, -0.2) is 4.79 Å². The zero-order valence-electron chi connectivity index (χ0n) is 14.0. The molecule has 2 N–H and O–H groups in total. The number of benzene rings is 1. The monoisotopic (exact) mass is 315 g/mol. The van der Waals surface area contributed by atoms with Crippen molar-refractivity contribution in [3.8, 4) is 0 Å². The molecule has 6 nitrogen and oxygen atoms in total. The number of aryl methyl sites for hydroxylation is 1. The van der Waals surface area contributed by atoms with Gasteiger partial charge in [0.2, 0.25) is 0 Å². The van der Waals surface area contributed by atoms with E-state index in [1.54, 1.807) is 4.68 Å². The van der Waals surface area contributed by atoms with Gasteiger partial charge in [0.1, 0.15) is 0 Å². The van der Waals surface area contributed by atoms with Crippen LogP contribution in [0.3, 0.4) is 0 Å². The zero-order valence-corrected chi connectivity index (χ0v) is 14.0. The number of carbonyl (C=O) groups is 1. The second-order valence-electron chi connectivity index (χ2n) is 5.77. The van der Waals surface area contributed by atoms with Gasteiger partial charge in [-0.15, -0.1) is 0 Å². The van der Waals surface area contributed by atoms with Crippen molar-refractivity contribution < 1.29 is 4.79 Å². The standard InChI is InChI=1S/C17H25N5O/c1-21(2)16-6-4-14(5-7-16)8-10-18-17(23)19-11-9-15-12-20-22(3)13-15/h4-7,12-13H,8-11H2,1-3H3,(H2,18,19,23). The summed E-state index contributed by atoms with van der Waals surface area (Å²) in [4.78, 5) is 13.8. The molecule has 0 saturated heterocycles. The SMILES string of the molecule is CN(C)c1ccc(CCNC(=O)NCCc2cnn(C)c2)cc1. The highest BCUT2D eigenvalue weighted by Crippen LogP contribution is 2.12. The van der Waals surface area contributed by atoms with Crippen LogP contribution in [0.5, 0.6) is 0 Å². The third-order valence-corrected chi connectivity index (χ3v) is 3.61. The summed E-state index contributed by atoms with van der Waals surface area (Å²) in [7, 11) is 5.92. The average Bonchev–Trinajstić information content (AvgIpc) is 2.93. The van der Waals surface area contributed by atoms with Crippen molar-refractivity contribution in [1.29, 1.82) is 0 Å². The van der Waals surface area contributed by atoms with E-state index in [-0.39, 0.29) is 6.03 Å². The molecular weight excluding hydrogens is 290 g/mol. The van der Waals surface area contributed by atoms with Crippen LogP contribution >= 0.6 is 0 Å². The van der Waals surface area contributed by atoms with Crippen molar-refractivity contribution in [1.82, 2.24) is 20.4 Å². The van der Waals surface area contributed by atoms with E-state index in [1.165, 1.54) is 11.3 Å². The van der Waals surface area contributed by atoms with Gasteiger partial charge in [0.25, 0.3) is 0 Å². The first kappa shape index (κ1) is 16.9. The van der Waals surface area contributed by atoms with Crippen molar-refractivity contribution in [2.24, 2.45) is 7.05 Å². The fourth-order valence-corrected chi connectivity index (χ4v) is 2.26. The Balaban J connectivity index is 1.62. The summed E-state index contributed by atoms with van der Waals surface area (Å²) in [5.74, 6) is 0. The maximum atomic E-state index is 11.7. The summed E-state index contributed by atoms with van der Waals surface area (Å²) in [5, 5.41) is 9.84. The van der Waals surface area contributed by atoms with Crippen LogP contribution < -0.4 is 15.5 Å². The third kappa shape index (κ3) is 5.65. The Morgan fingerprint density at radius 3 is 2.22 bits per heavy atom. The van der Waals surface area contributed by atoms with Gasteiger partial charge < -0.3 is 15.5 Å². The van der Waals surface area contributed by atoms with Gasteiger partial charge in [0.15, 0.2) is 0 Å². The number of nitrogens with one attached hydrogen (secondary N) is 2. The molecule has 2 amide bonds. The zero-order chi connectivity index (χ0) is 16.7. The Morgan fingerprint density at radius 1 is 1.09 bits per heavy atom. The molecule has 0 aliphatic rings. The molecule has 1 aromatic carbocycles. The van der Waals surface area contributed by atoms with Crippen LogP contribution in [0.4, 0.5) is 10.5 Å². The first-order chi connectivity index (χ1) is 11.0. The van der Waals surface area contributed by atoms with Gasteiger partial charge in [0.05, 0.1) is 6.20 Å². The minimum Gasteiger partial charge on any atom is -0.378 e. The Kier molecular flexibility index (Phi) is 6.02. The lowest BCUT2D eigenvalue weighted by Gasteiger charge is -2.12. The summed E-state index contributed by atoms with van der Waals surface area (Å²) in [6, 6.07) is 8.24.